The number of thiocarbonyl (C=S) groups is 1. The van der Waals surface area contributed by atoms with Crippen LogP contribution in [0.5, 0.6) is 0 Å². The molecule has 0 aromatic rings. The van der Waals surface area contributed by atoms with Crippen LogP contribution in [0.25, 0.3) is 0 Å². The number of rotatable bonds is 7. The van der Waals surface area contributed by atoms with Crippen LogP contribution in [-0.2, 0) is 9.47 Å². The van der Waals surface area contributed by atoms with Gasteiger partial charge in [0.2, 0.25) is 0 Å². The van der Waals surface area contributed by atoms with Gasteiger partial charge in [0.25, 0.3) is 0 Å². The minimum atomic E-state index is 0.248. The van der Waals surface area contributed by atoms with Crippen LogP contribution in [0.4, 0.5) is 0 Å². The van der Waals surface area contributed by atoms with Crippen molar-refractivity contribution in [1.29, 1.82) is 0 Å². The first-order chi connectivity index (χ1) is 7.11. The zero-order valence-electron chi connectivity index (χ0n) is 10.0. The number of methoxy groups -OCH3 is 2. The molecule has 0 amide bonds. The Morgan fingerprint density at radius 2 is 1.93 bits per heavy atom. The van der Waals surface area contributed by atoms with E-state index in [2.05, 4.69) is 24.5 Å². The molecule has 0 aliphatic heterocycles. The predicted molar refractivity (Wildman–Crippen MR) is 66.1 cm³/mol. The van der Waals surface area contributed by atoms with Gasteiger partial charge in [-0.15, -0.1) is 0 Å². The van der Waals surface area contributed by atoms with Crippen molar-refractivity contribution in [3.63, 3.8) is 0 Å². The molecular formula is C10H22N2O2S. The first-order valence-electron chi connectivity index (χ1n) is 5.14. The summed E-state index contributed by atoms with van der Waals surface area (Å²) in [6.45, 7) is 6.30. The molecule has 2 N–H and O–H groups in total. The lowest BCUT2D eigenvalue weighted by molar-refractivity contribution is 0.156. The summed E-state index contributed by atoms with van der Waals surface area (Å²) in [5, 5.41) is 6.94. The highest BCUT2D eigenvalue weighted by molar-refractivity contribution is 7.80. The average Bonchev–Trinajstić information content (AvgIpc) is 2.17. The molecule has 0 radical (unpaired) electrons. The van der Waals surface area contributed by atoms with Gasteiger partial charge in [-0.3, -0.25) is 0 Å². The van der Waals surface area contributed by atoms with E-state index in [0.29, 0.717) is 24.2 Å². The Kier molecular flexibility index (Phi) is 8.65. The number of ether oxygens (including phenoxy) is 2. The van der Waals surface area contributed by atoms with Gasteiger partial charge in [0.05, 0.1) is 19.3 Å². The van der Waals surface area contributed by atoms with E-state index in [1.54, 1.807) is 14.2 Å². The van der Waals surface area contributed by atoms with Crippen LogP contribution in [0.15, 0.2) is 0 Å². The Morgan fingerprint density at radius 1 is 1.27 bits per heavy atom. The van der Waals surface area contributed by atoms with Crippen molar-refractivity contribution < 1.29 is 9.47 Å². The predicted octanol–water partition coefficient (Wildman–Crippen LogP) is 0.768. The summed E-state index contributed by atoms with van der Waals surface area (Å²) in [6.07, 6.45) is 0. The quantitative estimate of drug-likeness (QED) is 0.503. The van der Waals surface area contributed by atoms with Crippen LogP contribution in [0.1, 0.15) is 13.8 Å². The van der Waals surface area contributed by atoms with E-state index < -0.39 is 0 Å². The maximum atomic E-state index is 5.14. The molecule has 0 aromatic carbocycles. The number of nitrogens with one attached hydrogen (secondary N) is 2. The molecule has 1 atom stereocenters. The number of hydrogen-bond donors (Lipinski definition) is 2. The third-order valence-corrected chi connectivity index (χ3v) is 2.32. The molecule has 0 aliphatic rings. The Hall–Kier alpha value is -0.390. The van der Waals surface area contributed by atoms with E-state index in [9.17, 15) is 0 Å². The summed E-state index contributed by atoms with van der Waals surface area (Å²) in [5.41, 5.74) is 0. The van der Waals surface area contributed by atoms with E-state index in [-0.39, 0.29) is 6.04 Å². The second-order valence-corrected chi connectivity index (χ2v) is 4.11. The molecule has 0 heterocycles. The first-order valence-corrected chi connectivity index (χ1v) is 5.54. The fourth-order valence-corrected chi connectivity index (χ4v) is 1.32. The summed E-state index contributed by atoms with van der Waals surface area (Å²) in [6, 6.07) is 0.248. The molecule has 1 unspecified atom stereocenters. The smallest absolute Gasteiger partial charge is 0.166 e. The fourth-order valence-electron chi connectivity index (χ4n) is 1.07. The summed E-state index contributed by atoms with van der Waals surface area (Å²) in [4.78, 5) is 0. The van der Waals surface area contributed by atoms with Crippen LogP contribution in [0.2, 0.25) is 0 Å². The summed E-state index contributed by atoms with van der Waals surface area (Å²) in [5.74, 6) is 0.479. The van der Waals surface area contributed by atoms with E-state index >= 15 is 0 Å². The summed E-state index contributed by atoms with van der Waals surface area (Å²) < 4.78 is 10.0. The summed E-state index contributed by atoms with van der Waals surface area (Å²) >= 11 is 5.14. The zero-order valence-corrected chi connectivity index (χ0v) is 10.8. The minimum Gasteiger partial charge on any atom is -0.383 e. The third-order valence-electron chi connectivity index (χ3n) is 2.06. The SMILES string of the molecule is COCCNC(=S)NC(COC)C(C)C. The molecule has 0 saturated carbocycles. The van der Waals surface area contributed by atoms with Gasteiger partial charge >= 0.3 is 0 Å². The molecular weight excluding hydrogens is 212 g/mol. The van der Waals surface area contributed by atoms with E-state index in [0.717, 1.165) is 6.54 Å². The largest absolute Gasteiger partial charge is 0.383 e. The van der Waals surface area contributed by atoms with Crippen molar-refractivity contribution in [1.82, 2.24) is 10.6 Å². The van der Waals surface area contributed by atoms with E-state index in [1.807, 2.05) is 0 Å². The van der Waals surface area contributed by atoms with Gasteiger partial charge < -0.3 is 20.1 Å². The van der Waals surface area contributed by atoms with Crippen LogP contribution in [-0.4, -0.2) is 45.1 Å². The van der Waals surface area contributed by atoms with Gasteiger partial charge in [-0.2, -0.15) is 0 Å². The standard InChI is InChI=1S/C10H22N2O2S/c1-8(2)9(7-14-4)12-10(15)11-5-6-13-3/h8-9H,5-7H2,1-4H3,(H2,11,12,15). The summed E-state index contributed by atoms with van der Waals surface area (Å²) in [7, 11) is 3.36. The normalized spacial score (nSPS) is 12.6. The fraction of sp³-hybridized carbons (Fsp3) is 0.900. The first kappa shape index (κ1) is 14.6. The second kappa shape index (κ2) is 8.88. The van der Waals surface area contributed by atoms with E-state index in [4.69, 9.17) is 21.7 Å². The van der Waals surface area contributed by atoms with Gasteiger partial charge in [0.15, 0.2) is 5.11 Å². The van der Waals surface area contributed by atoms with Gasteiger partial charge in [-0.1, -0.05) is 13.8 Å². The lowest BCUT2D eigenvalue weighted by Gasteiger charge is -2.23. The Balaban J connectivity index is 3.78. The Labute approximate surface area is 97.7 Å². The maximum Gasteiger partial charge on any atom is 0.166 e. The van der Waals surface area contributed by atoms with Crippen LogP contribution in [0, 0.1) is 5.92 Å². The average molecular weight is 234 g/mol. The highest BCUT2D eigenvalue weighted by Crippen LogP contribution is 2.01. The zero-order chi connectivity index (χ0) is 11.7. The van der Waals surface area contributed by atoms with Crippen molar-refractivity contribution in [2.45, 2.75) is 19.9 Å². The van der Waals surface area contributed by atoms with Crippen molar-refractivity contribution in [3.8, 4) is 0 Å². The van der Waals surface area contributed by atoms with Crippen molar-refractivity contribution >= 4 is 17.3 Å². The Morgan fingerprint density at radius 3 is 2.40 bits per heavy atom. The molecule has 0 rings (SSSR count). The van der Waals surface area contributed by atoms with Gasteiger partial charge in [0.1, 0.15) is 0 Å². The van der Waals surface area contributed by atoms with Crippen molar-refractivity contribution in [2.24, 2.45) is 5.92 Å². The molecule has 0 fully saturated rings. The van der Waals surface area contributed by atoms with Crippen LogP contribution >= 0.6 is 12.2 Å². The molecule has 0 aliphatic carbocycles. The van der Waals surface area contributed by atoms with Crippen LogP contribution < -0.4 is 10.6 Å². The van der Waals surface area contributed by atoms with Crippen molar-refractivity contribution in [2.75, 3.05) is 34.0 Å². The molecule has 4 nitrogen and oxygen atoms in total. The third kappa shape index (κ3) is 7.53. The van der Waals surface area contributed by atoms with Crippen molar-refractivity contribution in [3.05, 3.63) is 0 Å². The van der Waals surface area contributed by atoms with Gasteiger partial charge in [-0.05, 0) is 18.1 Å². The molecule has 0 spiro atoms. The lowest BCUT2D eigenvalue weighted by atomic mass is 10.1. The minimum absolute atomic E-state index is 0.248. The second-order valence-electron chi connectivity index (χ2n) is 3.70. The monoisotopic (exact) mass is 234 g/mol. The van der Waals surface area contributed by atoms with Crippen LogP contribution in [0.3, 0.4) is 0 Å². The topological polar surface area (TPSA) is 42.5 Å². The Bertz CT molecular complexity index is 177. The molecule has 5 heteroatoms. The number of hydrogen-bond acceptors (Lipinski definition) is 3. The highest BCUT2D eigenvalue weighted by Gasteiger charge is 2.13. The molecule has 0 aromatic heterocycles. The molecule has 90 valence electrons. The highest BCUT2D eigenvalue weighted by atomic mass is 32.1. The maximum absolute atomic E-state index is 5.14. The van der Waals surface area contributed by atoms with Gasteiger partial charge in [0, 0.05) is 20.8 Å². The lowest BCUT2D eigenvalue weighted by Crippen LogP contribution is -2.47. The van der Waals surface area contributed by atoms with Gasteiger partial charge in [-0.25, -0.2) is 0 Å². The molecule has 15 heavy (non-hydrogen) atoms. The van der Waals surface area contributed by atoms with E-state index in [1.165, 1.54) is 0 Å². The molecule has 0 bridgehead atoms. The molecule has 0 saturated heterocycles.